The fourth-order valence-corrected chi connectivity index (χ4v) is 3.78. The summed E-state index contributed by atoms with van der Waals surface area (Å²) in [6.45, 7) is 0.707. The van der Waals surface area contributed by atoms with E-state index in [1.165, 1.54) is 24.3 Å². The predicted molar refractivity (Wildman–Crippen MR) is 122 cm³/mol. The minimum atomic E-state index is -0.859. The van der Waals surface area contributed by atoms with Crippen molar-refractivity contribution in [1.29, 1.82) is 0 Å². The Hall–Kier alpha value is -3.36. The number of aliphatic hydroxyl groups is 1. The van der Waals surface area contributed by atoms with Gasteiger partial charge in [-0.25, -0.2) is 13.2 Å². The molecule has 1 heterocycles. The zero-order valence-corrected chi connectivity index (χ0v) is 18.4. The van der Waals surface area contributed by atoms with Crippen LogP contribution in [0.1, 0.15) is 17.5 Å². The number of hydrogen-bond donors (Lipinski definition) is 1. The molecule has 0 spiro atoms. The van der Waals surface area contributed by atoms with Gasteiger partial charge in [0.1, 0.15) is 42.0 Å². The Bertz CT molecular complexity index is 1110. The van der Waals surface area contributed by atoms with Crippen molar-refractivity contribution in [3.63, 3.8) is 0 Å². The number of hydrogen-bond acceptors (Lipinski definition) is 5. The second-order valence-electron chi connectivity index (χ2n) is 8.18. The molecule has 178 valence electrons. The number of halogens is 3. The van der Waals surface area contributed by atoms with Crippen molar-refractivity contribution in [2.75, 3.05) is 19.7 Å². The molecule has 3 aromatic carbocycles. The lowest BCUT2D eigenvalue weighted by molar-refractivity contribution is 0.0209. The normalized spacial score (nSPS) is 16.3. The molecule has 1 N–H and O–H groups in total. The van der Waals surface area contributed by atoms with Gasteiger partial charge in [-0.05, 0) is 35.9 Å². The smallest absolute Gasteiger partial charge is 0.145 e. The van der Waals surface area contributed by atoms with Gasteiger partial charge in [0.25, 0.3) is 0 Å². The van der Waals surface area contributed by atoms with Crippen LogP contribution in [0.3, 0.4) is 0 Å². The molecule has 0 amide bonds. The van der Waals surface area contributed by atoms with Crippen LogP contribution in [0.15, 0.2) is 78.0 Å². The van der Waals surface area contributed by atoms with Gasteiger partial charge in [-0.15, -0.1) is 0 Å². The first-order chi connectivity index (χ1) is 16.5. The number of para-hydroxylation sites is 1. The molecule has 0 bridgehead atoms. The first-order valence-corrected chi connectivity index (χ1v) is 11.0. The van der Waals surface area contributed by atoms with Crippen LogP contribution in [0.5, 0.6) is 5.75 Å². The Labute approximate surface area is 196 Å². The van der Waals surface area contributed by atoms with Crippen LogP contribution >= 0.6 is 0 Å². The Morgan fingerprint density at radius 1 is 1.00 bits per heavy atom. The third kappa shape index (κ3) is 6.59. The standard InChI is InChI=1S/C26H25F3N2O3/c27-20-9-6-18(7-10-20)26-13-24(34-30-26)16-31(14-19-8-11-21(28)12-25(19)29)15-22(32)17-33-23-4-2-1-3-5-23/h1-12,22,24,32H,13-17H2/t22-,24+/m1/s1. The van der Waals surface area contributed by atoms with E-state index in [9.17, 15) is 18.3 Å². The zero-order valence-electron chi connectivity index (χ0n) is 18.4. The number of benzene rings is 3. The van der Waals surface area contributed by atoms with E-state index in [4.69, 9.17) is 9.57 Å². The maximum atomic E-state index is 14.3. The molecule has 0 fully saturated rings. The van der Waals surface area contributed by atoms with Gasteiger partial charge in [0.05, 0.1) is 5.71 Å². The predicted octanol–water partition coefficient (Wildman–Crippen LogP) is 4.54. The molecule has 0 aliphatic carbocycles. The lowest BCUT2D eigenvalue weighted by Crippen LogP contribution is -2.40. The highest BCUT2D eigenvalue weighted by molar-refractivity contribution is 6.01. The Balaban J connectivity index is 1.40. The van der Waals surface area contributed by atoms with Gasteiger partial charge in [0.2, 0.25) is 0 Å². The molecule has 1 aliphatic rings. The molecule has 2 atom stereocenters. The Kier molecular flexibility index (Phi) is 7.82. The summed E-state index contributed by atoms with van der Waals surface area (Å²) in [6, 6.07) is 18.5. The van der Waals surface area contributed by atoms with Crippen molar-refractivity contribution < 1.29 is 27.9 Å². The van der Waals surface area contributed by atoms with Crippen molar-refractivity contribution in [3.8, 4) is 5.75 Å². The summed E-state index contributed by atoms with van der Waals surface area (Å²) in [4.78, 5) is 7.39. The van der Waals surface area contributed by atoms with Crippen LogP contribution in [0.25, 0.3) is 0 Å². The van der Waals surface area contributed by atoms with E-state index in [2.05, 4.69) is 5.16 Å². The third-order valence-corrected chi connectivity index (χ3v) is 5.44. The van der Waals surface area contributed by atoms with Gasteiger partial charge in [-0.2, -0.15) is 0 Å². The topological polar surface area (TPSA) is 54.3 Å². The molecular formula is C26H25F3N2O3. The maximum Gasteiger partial charge on any atom is 0.145 e. The average molecular weight is 470 g/mol. The highest BCUT2D eigenvalue weighted by Crippen LogP contribution is 2.20. The summed E-state index contributed by atoms with van der Waals surface area (Å²) < 4.78 is 46.5. The monoisotopic (exact) mass is 470 g/mol. The van der Waals surface area contributed by atoms with Crippen molar-refractivity contribution in [2.45, 2.75) is 25.2 Å². The second-order valence-corrected chi connectivity index (χ2v) is 8.18. The SMILES string of the molecule is O[C@@H](COc1ccccc1)CN(Cc1ccc(F)cc1F)C[C@@H]1CC(c2ccc(F)cc2)=NO1. The van der Waals surface area contributed by atoms with Crippen LogP contribution < -0.4 is 4.74 Å². The Morgan fingerprint density at radius 2 is 1.74 bits per heavy atom. The molecule has 0 saturated heterocycles. The maximum absolute atomic E-state index is 14.3. The molecule has 1 aliphatic heterocycles. The fourth-order valence-electron chi connectivity index (χ4n) is 3.78. The van der Waals surface area contributed by atoms with Crippen LogP contribution in [-0.2, 0) is 11.4 Å². The van der Waals surface area contributed by atoms with Gasteiger partial charge >= 0.3 is 0 Å². The molecule has 3 aromatic rings. The summed E-state index contributed by atoms with van der Waals surface area (Å²) in [5.41, 5.74) is 1.75. The van der Waals surface area contributed by atoms with Crippen molar-refractivity contribution in [1.82, 2.24) is 4.90 Å². The molecular weight excluding hydrogens is 445 g/mol. The molecule has 0 radical (unpaired) electrons. The highest BCUT2D eigenvalue weighted by atomic mass is 19.1. The van der Waals surface area contributed by atoms with E-state index in [0.717, 1.165) is 11.6 Å². The van der Waals surface area contributed by atoms with E-state index in [0.29, 0.717) is 30.0 Å². The van der Waals surface area contributed by atoms with Crippen molar-refractivity contribution >= 4 is 5.71 Å². The molecule has 0 saturated carbocycles. The molecule has 0 unspecified atom stereocenters. The summed E-state index contributed by atoms with van der Waals surface area (Å²) >= 11 is 0. The van der Waals surface area contributed by atoms with Crippen LogP contribution in [0.4, 0.5) is 13.2 Å². The summed E-state index contributed by atoms with van der Waals surface area (Å²) in [6.07, 6.45) is -0.724. The van der Waals surface area contributed by atoms with Crippen molar-refractivity contribution in [3.05, 3.63) is 101 Å². The molecule has 4 rings (SSSR count). The number of oxime groups is 1. The van der Waals surface area contributed by atoms with Gasteiger partial charge in [0.15, 0.2) is 0 Å². The van der Waals surface area contributed by atoms with E-state index < -0.39 is 17.7 Å². The minimum Gasteiger partial charge on any atom is -0.491 e. The van der Waals surface area contributed by atoms with Crippen molar-refractivity contribution in [2.24, 2.45) is 5.16 Å². The summed E-state index contributed by atoms with van der Waals surface area (Å²) in [5, 5.41) is 14.7. The van der Waals surface area contributed by atoms with Gasteiger partial charge < -0.3 is 14.7 Å². The number of nitrogens with zero attached hydrogens (tertiary/aromatic N) is 2. The van der Waals surface area contributed by atoms with E-state index in [1.54, 1.807) is 24.3 Å². The first kappa shape index (κ1) is 23.8. The average Bonchev–Trinajstić information content (AvgIpc) is 3.29. The summed E-state index contributed by atoms with van der Waals surface area (Å²) in [7, 11) is 0. The number of aliphatic hydroxyl groups excluding tert-OH is 1. The van der Waals surface area contributed by atoms with E-state index in [1.807, 2.05) is 23.1 Å². The second kappa shape index (κ2) is 11.2. The van der Waals surface area contributed by atoms with Crippen LogP contribution in [-0.4, -0.2) is 47.6 Å². The summed E-state index contributed by atoms with van der Waals surface area (Å²) in [5.74, 6) is -1.01. The van der Waals surface area contributed by atoms with E-state index >= 15 is 0 Å². The van der Waals surface area contributed by atoms with Gasteiger partial charge in [-0.3, -0.25) is 4.90 Å². The third-order valence-electron chi connectivity index (χ3n) is 5.44. The quantitative estimate of drug-likeness (QED) is 0.473. The molecule has 34 heavy (non-hydrogen) atoms. The molecule has 5 nitrogen and oxygen atoms in total. The van der Waals surface area contributed by atoms with Crippen LogP contribution in [0, 0.1) is 17.5 Å². The van der Waals surface area contributed by atoms with Gasteiger partial charge in [0, 0.05) is 37.7 Å². The molecule has 0 aromatic heterocycles. The lowest BCUT2D eigenvalue weighted by Gasteiger charge is -2.27. The Morgan fingerprint density at radius 3 is 2.47 bits per heavy atom. The highest BCUT2D eigenvalue weighted by Gasteiger charge is 2.26. The molecule has 8 heteroatoms. The zero-order chi connectivity index (χ0) is 23.9. The van der Waals surface area contributed by atoms with E-state index in [-0.39, 0.29) is 31.6 Å². The largest absolute Gasteiger partial charge is 0.491 e. The first-order valence-electron chi connectivity index (χ1n) is 11.0. The minimum absolute atomic E-state index is 0.0509. The van der Waals surface area contributed by atoms with Crippen LogP contribution in [0.2, 0.25) is 0 Å². The number of ether oxygens (including phenoxy) is 1. The number of rotatable bonds is 10. The van der Waals surface area contributed by atoms with Gasteiger partial charge in [-0.1, -0.05) is 41.6 Å². The lowest BCUT2D eigenvalue weighted by atomic mass is 10.0. The fraction of sp³-hybridized carbons (Fsp3) is 0.269.